The molecule has 2 unspecified atom stereocenters. The number of amides is 1. The van der Waals surface area contributed by atoms with Crippen LogP contribution in [0.4, 0.5) is 0 Å². The highest BCUT2D eigenvalue weighted by atomic mass is 16.5. The molecule has 2 aromatic rings. The summed E-state index contributed by atoms with van der Waals surface area (Å²) in [6.45, 7) is 2.30. The minimum absolute atomic E-state index is 0.0767. The first-order chi connectivity index (χ1) is 11.0. The highest BCUT2D eigenvalue weighted by molar-refractivity contribution is 5.79. The Balaban J connectivity index is 2.00. The summed E-state index contributed by atoms with van der Waals surface area (Å²) in [5.41, 5.74) is 1.12. The standard InChI is InChI=1S/C16H23N5O2/c1-12(21-11-17-10-19-21)16(22)18-9-15(20(2)3)13-5-7-14(23-4)8-6-13/h5-8,10-12,15H,9H2,1-4H3,(H,18,22). The number of ether oxygens (including phenoxy) is 1. The monoisotopic (exact) mass is 317 g/mol. The van der Waals surface area contributed by atoms with Crippen molar-refractivity contribution in [2.24, 2.45) is 0 Å². The molecule has 7 nitrogen and oxygen atoms in total. The number of nitrogens with one attached hydrogen (secondary N) is 1. The number of nitrogens with zero attached hydrogens (tertiary/aromatic N) is 4. The van der Waals surface area contributed by atoms with Crippen molar-refractivity contribution in [3.05, 3.63) is 42.5 Å². The Morgan fingerprint density at radius 3 is 2.57 bits per heavy atom. The van der Waals surface area contributed by atoms with Gasteiger partial charge in [-0.15, -0.1) is 0 Å². The quantitative estimate of drug-likeness (QED) is 0.832. The van der Waals surface area contributed by atoms with Gasteiger partial charge in [-0.2, -0.15) is 5.10 Å². The zero-order chi connectivity index (χ0) is 16.8. The van der Waals surface area contributed by atoms with Crippen molar-refractivity contribution in [3.63, 3.8) is 0 Å². The van der Waals surface area contributed by atoms with Crippen LogP contribution in [0, 0.1) is 0 Å². The fourth-order valence-electron chi connectivity index (χ4n) is 2.31. The highest BCUT2D eigenvalue weighted by Crippen LogP contribution is 2.20. The van der Waals surface area contributed by atoms with E-state index in [9.17, 15) is 4.79 Å². The molecule has 0 bridgehead atoms. The third-order valence-corrected chi connectivity index (χ3v) is 3.81. The van der Waals surface area contributed by atoms with Crippen molar-refractivity contribution in [3.8, 4) is 5.75 Å². The molecule has 0 aliphatic rings. The molecule has 0 aliphatic heterocycles. The van der Waals surface area contributed by atoms with Crippen LogP contribution < -0.4 is 10.1 Å². The van der Waals surface area contributed by atoms with Crippen molar-refractivity contribution in [2.75, 3.05) is 27.7 Å². The van der Waals surface area contributed by atoms with E-state index in [2.05, 4.69) is 20.3 Å². The van der Waals surface area contributed by atoms with Crippen molar-refractivity contribution in [1.82, 2.24) is 25.0 Å². The molecule has 2 atom stereocenters. The number of rotatable bonds is 7. The SMILES string of the molecule is COc1ccc(C(CNC(=O)C(C)n2cncn2)N(C)C)cc1. The summed E-state index contributed by atoms with van der Waals surface area (Å²) in [4.78, 5) is 18.2. The van der Waals surface area contributed by atoms with Gasteiger partial charge in [0.05, 0.1) is 13.2 Å². The Morgan fingerprint density at radius 2 is 2.04 bits per heavy atom. The van der Waals surface area contributed by atoms with E-state index in [1.807, 2.05) is 38.4 Å². The smallest absolute Gasteiger partial charge is 0.244 e. The van der Waals surface area contributed by atoms with Gasteiger partial charge in [0.2, 0.25) is 5.91 Å². The number of aromatic nitrogens is 3. The third kappa shape index (κ3) is 4.29. The second-order valence-electron chi connectivity index (χ2n) is 5.55. The van der Waals surface area contributed by atoms with Gasteiger partial charge in [0.15, 0.2) is 0 Å². The van der Waals surface area contributed by atoms with Gasteiger partial charge in [0.1, 0.15) is 24.4 Å². The molecule has 1 N–H and O–H groups in total. The molecule has 1 aromatic heterocycles. The summed E-state index contributed by atoms with van der Waals surface area (Å²) in [6, 6.07) is 7.55. The molecule has 0 aliphatic carbocycles. The van der Waals surface area contributed by atoms with E-state index < -0.39 is 6.04 Å². The number of benzene rings is 1. The number of likely N-dealkylation sites (N-methyl/N-ethyl adjacent to an activating group) is 1. The maximum absolute atomic E-state index is 12.3. The molecule has 0 saturated carbocycles. The molecule has 1 heterocycles. The fraction of sp³-hybridized carbons (Fsp3) is 0.438. The lowest BCUT2D eigenvalue weighted by Crippen LogP contribution is -2.37. The number of hydrogen-bond acceptors (Lipinski definition) is 5. The Hall–Kier alpha value is -2.41. The van der Waals surface area contributed by atoms with E-state index in [1.165, 1.54) is 17.3 Å². The summed E-state index contributed by atoms with van der Waals surface area (Å²) in [6.07, 6.45) is 2.96. The first-order valence-electron chi connectivity index (χ1n) is 7.45. The summed E-state index contributed by atoms with van der Waals surface area (Å²) in [5, 5.41) is 6.98. The van der Waals surface area contributed by atoms with E-state index in [-0.39, 0.29) is 11.9 Å². The maximum atomic E-state index is 12.3. The van der Waals surface area contributed by atoms with Crippen LogP contribution in [0.25, 0.3) is 0 Å². The van der Waals surface area contributed by atoms with E-state index in [1.54, 1.807) is 14.0 Å². The molecule has 7 heteroatoms. The molecular weight excluding hydrogens is 294 g/mol. The first kappa shape index (κ1) is 17.0. The predicted molar refractivity (Wildman–Crippen MR) is 87.2 cm³/mol. The van der Waals surface area contributed by atoms with Crippen LogP contribution in [-0.4, -0.2) is 53.3 Å². The molecular formula is C16H23N5O2. The number of hydrogen-bond donors (Lipinski definition) is 1. The van der Waals surface area contributed by atoms with E-state index in [0.29, 0.717) is 6.54 Å². The van der Waals surface area contributed by atoms with Crippen LogP contribution in [0.2, 0.25) is 0 Å². The van der Waals surface area contributed by atoms with E-state index in [0.717, 1.165) is 11.3 Å². The zero-order valence-electron chi connectivity index (χ0n) is 13.9. The van der Waals surface area contributed by atoms with Gasteiger partial charge in [0.25, 0.3) is 0 Å². The highest BCUT2D eigenvalue weighted by Gasteiger charge is 2.19. The van der Waals surface area contributed by atoms with Crippen molar-refractivity contribution >= 4 is 5.91 Å². The Kier molecular flexibility index (Phi) is 5.70. The summed E-state index contributed by atoms with van der Waals surface area (Å²) in [5.74, 6) is 0.728. The molecule has 0 spiro atoms. The third-order valence-electron chi connectivity index (χ3n) is 3.81. The van der Waals surface area contributed by atoms with Gasteiger partial charge < -0.3 is 15.0 Å². The molecule has 0 saturated heterocycles. The maximum Gasteiger partial charge on any atom is 0.244 e. The average molecular weight is 317 g/mol. The van der Waals surface area contributed by atoms with Crippen LogP contribution in [0.15, 0.2) is 36.9 Å². The fourth-order valence-corrected chi connectivity index (χ4v) is 2.31. The Morgan fingerprint density at radius 1 is 1.35 bits per heavy atom. The predicted octanol–water partition coefficient (Wildman–Crippen LogP) is 1.27. The second kappa shape index (κ2) is 7.73. The second-order valence-corrected chi connectivity index (χ2v) is 5.55. The molecule has 1 aromatic carbocycles. The summed E-state index contributed by atoms with van der Waals surface area (Å²) >= 11 is 0. The van der Waals surface area contributed by atoms with Crippen LogP contribution >= 0.6 is 0 Å². The number of methoxy groups -OCH3 is 1. The van der Waals surface area contributed by atoms with Crippen LogP contribution in [0.5, 0.6) is 5.75 Å². The largest absolute Gasteiger partial charge is 0.497 e. The normalized spacial score (nSPS) is 13.6. The van der Waals surface area contributed by atoms with Gasteiger partial charge in [-0.3, -0.25) is 4.79 Å². The molecule has 124 valence electrons. The van der Waals surface area contributed by atoms with Gasteiger partial charge in [-0.05, 0) is 38.7 Å². The van der Waals surface area contributed by atoms with Gasteiger partial charge in [-0.25, -0.2) is 9.67 Å². The van der Waals surface area contributed by atoms with Crippen molar-refractivity contribution in [2.45, 2.75) is 19.0 Å². The Labute approximate surface area is 136 Å². The number of carbonyl (C=O) groups excluding carboxylic acids is 1. The lowest BCUT2D eigenvalue weighted by Gasteiger charge is -2.26. The lowest BCUT2D eigenvalue weighted by molar-refractivity contribution is -0.124. The summed E-state index contributed by atoms with van der Waals surface area (Å²) < 4.78 is 6.72. The van der Waals surface area contributed by atoms with Crippen LogP contribution in [0.3, 0.4) is 0 Å². The van der Waals surface area contributed by atoms with E-state index in [4.69, 9.17) is 4.74 Å². The molecule has 2 rings (SSSR count). The molecule has 0 radical (unpaired) electrons. The van der Waals surface area contributed by atoms with Crippen molar-refractivity contribution in [1.29, 1.82) is 0 Å². The number of carbonyl (C=O) groups is 1. The van der Waals surface area contributed by atoms with Gasteiger partial charge in [-0.1, -0.05) is 12.1 Å². The zero-order valence-corrected chi connectivity index (χ0v) is 13.9. The Bertz CT molecular complexity index is 610. The van der Waals surface area contributed by atoms with Gasteiger partial charge in [0, 0.05) is 6.54 Å². The molecule has 23 heavy (non-hydrogen) atoms. The van der Waals surface area contributed by atoms with Crippen LogP contribution in [0.1, 0.15) is 24.6 Å². The minimum Gasteiger partial charge on any atom is -0.497 e. The van der Waals surface area contributed by atoms with Crippen LogP contribution in [-0.2, 0) is 4.79 Å². The lowest BCUT2D eigenvalue weighted by atomic mass is 10.1. The molecule has 0 fully saturated rings. The molecule has 1 amide bonds. The van der Waals surface area contributed by atoms with Gasteiger partial charge >= 0.3 is 0 Å². The van der Waals surface area contributed by atoms with E-state index >= 15 is 0 Å². The average Bonchev–Trinajstić information content (AvgIpc) is 3.08. The minimum atomic E-state index is -0.392. The van der Waals surface area contributed by atoms with Crippen molar-refractivity contribution < 1.29 is 9.53 Å². The topological polar surface area (TPSA) is 72.3 Å². The first-order valence-corrected chi connectivity index (χ1v) is 7.45. The summed E-state index contributed by atoms with van der Waals surface area (Å²) in [7, 11) is 5.62.